The van der Waals surface area contributed by atoms with Crippen LogP contribution in [0, 0.1) is 0 Å². The minimum atomic E-state index is -1.07. The number of carbonyl (C=O) groups is 3. The summed E-state index contributed by atoms with van der Waals surface area (Å²) in [5.74, 6) is -1.82. The Morgan fingerprint density at radius 1 is 0.618 bits per heavy atom. The van der Waals surface area contributed by atoms with Gasteiger partial charge in [-0.1, -0.05) is 54.6 Å². The highest BCUT2D eigenvalue weighted by Gasteiger charge is 2.46. The summed E-state index contributed by atoms with van der Waals surface area (Å²) in [4.78, 5) is 38.4. The molecule has 1 unspecified atom stereocenters. The van der Waals surface area contributed by atoms with Crippen molar-refractivity contribution in [2.24, 2.45) is 0 Å². The Kier molecular flexibility index (Phi) is 7.34. The Balaban J connectivity index is 1.59. The fraction of sp³-hybridized carbons (Fsp3) is 0.222. The molecule has 1 saturated heterocycles. The predicted octanol–water partition coefficient (Wildman–Crippen LogP) is 4.08. The summed E-state index contributed by atoms with van der Waals surface area (Å²) in [5.41, 5.74) is 1.00. The van der Waals surface area contributed by atoms with Crippen molar-refractivity contribution in [2.45, 2.75) is 31.3 Å². The third kappa shape index (κ3) is 5.50. The van der Waals surface area contributed by atoms with Crippen molar-refractivity contribution in [2.75, 3.05) is 6.61 Å². The van der Waals surface area contributed by atoms with E-state index >= 15 is 0 Å². The highest BCUT2D eigenvalue weighted by atomic mass is 16.6. The molecule has 0 bridgehead atoms. The molecule has 1 aliphatic rings. The van der Waals surface area contributed by atoms with Crippen molar-refractivity contribution in [3.05, 3.63) is 108 Å². The molecule has 0 amide bonds. The first-order valence-electron chi connectivity index (χ1n) is 10.9. The standard InChI is InChI=1S/C27H24O7/c1-18-23(33-26(29)20-13-7-3-8-14-20)24(34-27(30)21-15-9-4-10-16-21)22(17-31-18)32-25(28)19-11-5-2-6-12-19/h2-16,18,22-24H,17H2,1H3/t18-,22-,23?,24-/m0/s1. The molecule has 4 rings (SSSR count). The maximum atomic E-state index is 12.9. The maximum Gasteiger partial charge on any atom is 0.338 e. The van der Waals surface area contributed by atoms with E-state index in [0.717, 1.165) is 0 Å². The normalized spacial score (nSPS) is 21.8. The predicted molar refractivity (Wildman–Crippen MR) is 122 cm³/mol. The van der Waals surface area contributed by atoms with E-state index < -0.39 is 42.3 Å². The van der Waals surface area contributed by atoms with E-state index in [2.05, 4.69) is 0 Å². The average Bonchev–Trinajstić information content (AvgIpc) is 2.89. The van der Waals surface area contributed by atoms with Crippen molar-refractivity contribution < 1.29 is 33.3 Å². The fourth-order valence-electron chi connectivity index (χ4n) is 3.63. The van der Waals surface area contributed by atoms with E-state index in [9.17, 15) is 14.4 Å². The van der Waals surface area contributed by atoms with E-state index in [1.807, 2.05) is 0 Å². The van der Waals surface area contributed by atoms with Crippen LogP contribution in [0.1, 0.15) is 38.0 Å². The SMILES string of the molecule is C[C@@H]1OC[C@H](OC(=O)c2ccccc2)[C@H](OC(=O)c2ccccc2)C1OC(=O)c1ccccc1. The van der Waals surface area contributed by atoms with Crippen molar-refractivity contribution in [1.29, 1.82) is 0 Å². The van der Waals surface area contributed by atoms with Gasteiger partial charge < -0.3 is 18.9 Å². The number of rotatable bonds is 6. The van der Waals surface area contributed by atoms with Crippen LogP contribution < -0.4 is 0 Å². The Morgan fingerprint density at radius 2 is 1.00 bits per heavy atom. The molecule has 4 atom stereocenters. The van der Waals surface area contributed by atoms with Gasteiger partial charge >= 0.3 is 17.9 Å². The minimum absolute atomic E-state index is 0.0220. The van der Waals surface area contributed by atoms with E-state index in [-0.39, 0.29) is 6.61 Å². The summed E-state index contributed by atoms with van der Waals surface area (Å²) in [6.07, 6.45) is -3.66. The molecular weight excluding hydrogens is 436 g/mol. The van der Waals surface area contributed by atoms with Gasteiger partial charge in [0.1, 0.15) is 0 Å². The molecule has 0 aliphatic carbocycles. The van der Waals surface area contributed by atoms with Crippen LogP contribution >= 0.6 is 0 Å². The number of esters is 3. The molecular formula is C27H24O7. The molecule has 174 valence electrons. The zero-order valence-corrected chi connectivity index (χ0v) is 18.5. The quantitative estimate of drug-likeness (QED) is 0.405. The molecule has 0 saturated carbocycles. The lowest BCUT2D eigenvalue weighted by Crippen LogP contribution is -2.56. The van der Waals surface area contributed by atoms with Gasteiger partial charge in [-0.2, -0.15) is 0 Å². The van der Waals surface area contributed by atoms with Crippen LogP contribution in [0.5, 0.6) is 0 Å². The second-order valence-corrected chi connectivity index (χ2v) is 7.82. The Bertz CT molecular complexity index is 1120. The van der Waals surface area contributed by atoms with Crippen LogP contribution in [-0.4, -0.2) is 48.9 Å². The van der Waals surface area contributed by atoms with Gasteiger partial charge in [-0.05, 0) is 43.3 Å². The van der Waals surface area contributed by atoms with Gasteiger partial charge in [0.2, 0.25) is 0 Å². The second-order valence-electron chi connectivity index (χ2n) is 7.82. The first-order chi connectivity index (χ1) is 16.5. The van der Waals surface area contributed by atoms with Gasteiger partial charge in [0, 0.05) is 0 Å². The van der Waals surface area contributed by atoms with Crippen LogP contribution in [0.15, 0.2) is 91.0 Å². The molecule has 0 aromatic heterocycles. The summed E-state index contributed by atoms with van der Waals surface area (Å²) in [6, 6.07) is 25.3. The van der Waals surface area contributed by atoms with Gasteiger partial charge in [-0.15, -0.1) is 0 Å². The number of carbonyl (C=O) groups excluding carboxylic acids is 3. The number of benzene rings is 3. The summed E-state index contributed by atoms with van der Waals surface area (Å²) < 4.78 is 22.9. The summed E-state index contributed by atoms with van der Waals surface area (Å²) >= 11 is 0. The van der Waals surface area contributed by atoms with Gasteiger partial charge in [0.05, 0.1) is 29.4 Å². The van der Waals surface area contributed by atoms with E-state index in [1.165, 1.54) is 0 Å². The molecule has 34 heavy (non-hydrogen) atoms. The third-order valence-electron chi connectivity index (χ3n) is 5.45. The molecule has 1 fully saturated rings. The molecule has 1 heterocycles. The molecule has 3 aromatic rings. The molecule has 3 aromatic carbocycles. The molecule has 1 aliphatic heterocycles. The summed E-state index contributed by atoms with van der Waals surface area (Å²) in [7, 11) is 0. The van der Waals surface area contributed by atoms with E-state index in [1.54, 1.807) is 97.9 Å². The summed E-state index contributed by atoms with van der Waals surface area (Å²) in [5, 5.41) is 0. The van der Waals surface area contributed by atoms with Crippen molar-refractivity contribution in [3.63, 3.8) is 0 Å². The van der Waals surface area contributed by atoms with Crippen molar-refractivity contribution in [1.82, 2.24) is 0 Å². The molecule has 0 N–H and O–H groups in total. The Labute approximate surface area is 197 Å². The highest BCUT2D eigenvalue weighted by Crippen LogP contribution is 2.26. The topological polar surface area (TPSA) is 88.1 Å². The van der Waals surface area contributed by atoms with E-state index in [4.69, 9.17) is 18.9 Å². The lowest BCUT2D eigenvalue weighted by Gasteiger charge is -2.39. The average molecular weight is 460 g/mol. The summed E-state index contributed by atoms with van der Waals surface area (Å²) in [6.45, 7) is 1.69. The largest absolute Gasteiger partial charge is 0.452 e. The van der Waals surface area contributed by atoms with Crippen LogP contribution in [0.2, 0.25) is 0 Å². The number of hydrogen-bond acceptors (Lipinski definition) is 7. The smallest absolute Gasteiger partial charge is 0.338 e. The molecule has 7 nitrogen and oxygen atoms in total. The lowest BCUT2D eigenvalue weighted by molar-refractivity contribution is -0.185. The van der Waals surface area contributed by atoms with Crippen LogP contribution in [-0.2, 0) is 18.9 Å². The van der Waals surface area contributed by atoms with Gasteiger partial charge in [-0.3, -0.25) is 0 Å². The first-order valence-corrected chi connectivity index (χ1v) is 10.9. The second kappa shape index (κ2) is 10.8. The number of ether oxygens (including phenoxy) is 4. The number of hydrogen-bond donors (Lipinski definition) is 0. The minimum Gasteiger partial charge on any atom is -0.452 e. The highest BCUT2D eigenvalue weighted by molar-refractivity contribution is 5.91. The van der Waals surface area contributed by atoms with Gasteiger partial charge in [0.15, 0.2) is 18.3 Å². The Hall–Kier alpha value is -3.97. The van der Waals surface area contributed by atoms with Crippen molar-refractivity contribution in [3.8, 4) is 0 Å². The monoisotopic (exact) mass is 460 g/mol. The molecule has 0 spiro atoms. The van der Waals surface area contributed by atoms with Crippen molar-refractivity contribution >= 4 is 17.9 Å². The Morgan fingerprint density at radius 3 is 1.44 bits per heavy atom. The molecule has 0 radical (unpaired) electrons. The van der Waals surface area contributed by atoms with Crippen LogP contribution in [0.3, 0.4) is 0 Å². The van der Waals surface area contributed by atoms with Crippen LogP contribution in [0.4, 0.5) is 0 Å². The van der Waals surface area contributed by atoms with Gasteiger partial charge in [-0.25, -0.2) is 14.4 Å². The van der Waals surface area contributed by atoms with E-state index in [0.29, 0.717) is 16.7 Å². The maximum absolute atomic E-state index is 12.9. The third-order valence-corrected chi connectivity index (χ3v) is 5.45. The zero-order valence-electron chi connectivity index (χ0n) is 18.5. The van der Waals surface area contributed by atoms with Crippen LogP contribution in [0.25, 0.3) is 0 Å². The zero-order chi connectivity index (χ0) is 23.9. The lowest BCUT2D eigenvalue weighted by atomic mass is 9.99. The van der Waals surface area contributed by atoms with Gasteiger partial charge in [0.25, 0.3) is 0 Å². The first kappa shape index (κ1) is 23.2. The molecule has 7 heteroatoms. The fourth-order valence-corrected chi connectivity index (χ4v) is 3.63.